The number of amides is 4. The van der Waals surface area contributed by atoms with Crippen LogP contribution in [0.2, 0.25) is 0 Å². The standard InChI is InChI=1S/C26H25FN4O3/c27-22-9-3-1-7-20(22)16-28-25(33)19-11-13-21(14-12-19)30-26(34)29-17-24(32)31-15-5-8-18-6-2-4-10-23(18)31/h1-4,6-7,9-14H,5,8,15-17H2,(H,28,33)(H2,29,30,34). The summed E-state index contributed by atoms with van der Waals surface area (Å²) in [6.45, 7) is 0.569. The molecule has 0 aliphatic carbocycles. The molecule has 3 aromatic rings. The van der Waals surface area contributed by atoms with Crippen LogP contribution < -0.4 is 20.9 Å². The summed E-state index contributed by atoms with van der Waals surface area (Å²) in [6.07, 6.45) is 1.82. The van der Waals surface area contributed by atoms with Crippen LogP contribution in [0.1, 0.15) is 27.9 Å². The first-order valence-corrected chi connectivity index (χ1v) is 11.1. The number of aryl methyl sites for hydroxylation is 1. The van der Waals surface area contributed by atoms with E-state index in [0.717, 1.165) is 24.1 Å². The molecule has 0 bridgehead atoms. The van der Waals surface area contributed by atoms with E-state index in [4.69, 9.17) is 0 Å². The first-order chi connectivity index (χ1) is 16.5. The fourth-order valence-corrected chi connectivity index (χ4v) is 3.84. The van der Waals surface area contributed by atoms with Gasteiger partial charge in [-0.1, -0.05) is 36.4 Å². The number of rotatable bonds is 6. The van der Waals surface area contributed by atoms with Gasteiger partial charge in [-0.05, 0) is 54.8 Å². The summed E-state index contributed by atoms with van der Waals surface area (Å²) in [5.74, 6) is -0.910. The first-order valence-electron chi connectivity index (χ1n) is 11.1. The molecule has 3 aromatic carbocycles. The number of nitrogens with one attached hydrogen (secondary N) is 3. The van der Waals surface area contributed by atoms with Crippen LogP contribution >= 0.6 is 0 Å². The van der Waals surface area contributed by atoms with Gasteiger partial charge in [0.25, 0.3) is 5.91 Å². The number of fused-ring (bicyclic) bond motifs is 1. The molecule has 4 amide bonds. The molecule has 0 unspecified atom stereocenters. The van der Waals surface area contributed by atoms with Gasteiger partial charge >= 0.3 is 6.03 Å². The molecule has 0 saturated carbocycles. The van der Waals surface area contributed by atoms with E-state index in [0.29, 0.717) is 23.4 Å². The molecule has 1 heterocycles. The van der Waals surface area contributed by atoms with Crippen molar-refractivity contribution in [1.29, 1.82) is 0 Å². The van der Waals surface area contributed by atoms with Crippen LogP contribution in [-0.2, 0) is 17.8 Å². The molecule has 8 heteroatoms. The highest BCUT2D eigenvalue weighted by atomic mass is 19.1. The number of para-hydroxylation sites is 1. The van der Waals surface area contributed by atoms with Gasteiger partial charge < -0.3 is 20.9 Å². The molecule has 7 nitrogen and oxygen atoms in total. The quantitative estimate of drug-likeness (QED) is 0.522. The van der Waals surface area contributed by atoms with Crippen molar-refractivity contribution in [2.45, 2.75) is 19.4 Å². The summed E-state index contributed by atoms with van der Waals surface area (Å²) in [7, 11) is 0. The SMILES string of the molecule is O=C(NCC(=O)N1CCCc2ccccc21)Nc1ccc(C(=O)NCc2ccccc2F)cc1. The van der Waals surface area contributed by atoms with Crippen molar-refractivity contribution in [1.82, 2.24) is 10.6 Å². The van der Waals surface area contributed by atoms with Crippen LogP contribution in [0.3, 0.4) is 0 Å². The average Bonchev–Trinajstić information content (AvgIpc) is 2.86. The van der Waals surface area contributed by atoms with Crippen molar-refractivity contribution in [2.24, 2.45) is 0 Å². The highest BCUT2D eigenvalue weighted by Gasteiger charge is 2.22. The minimum Gasteiger partial charge on any atom is -0.348 e. The molecule has 4 rings (SSSR count). The molecule has 1 aliphatic heterocycles. The van der Waals surface area contributed by atoms with Gasteiger partial charge in [0, 0.05) is 35.6 Å². The third-order valence-corrected chi connectivity index (χ3v) is 5.61. The second-order valence-corrected chi connectivity index (χ2v) is 7.94. The lowest BCUT2D eigenvalue weighted by Gasteiger charge is -2.29. The number of benzene rings is 3. The molecule has 0 atom stereocenters. The number of hydrogen-bond donors (Lipinski definition) is 3. The van der Waals surface area contributed by atoms with Crippen molar-refractivity contribution < 1.29 is 18.8 Å². The first kappa shape index (κ1) is 23.0. The van der Waals surface area contributed by atoms with Crippen LogP contribution in [0, 0.1) is 5.82 Å². The lowest BCUT2D eigenvalue weighted by molar-refractivity contribution is -0.117. The van der Waals surface area contributed by atoms with Crippen LogP contribution in [0.4, 0.5) is 20.6 Å². The monoisotopic (exact) mass is 460 g/mol. The second kappa shape index (κ2) is 10.6. The van der Waals surface area contributed by atoms with Crippen molar-refractivity contribution >= 4 is 29.2 Å². The number of urea groups is 1. The zero-order valence-corrected chi connectivity index (χ0v) is 18.5. The molecule has 0 aromatic heterocycles. The van der Waals surface area contributed by atoms with Gasteiger partial charge in [-0.25, -0.2) is 9.18 Å². The predicted molar refractivity (Wildman–Crippen MR) is 128 cm³/mol. The van der Waals surface area contributed by atoms with Gasteiger partial charge in [-0.2, -0.15) is 0 Å². The maximum absolute atomic E-state index is 13.7. The number of anilines is 2. The molecular weight excluding hydrogens is 435 g/mol. The Balaban J connectivity index is 1.26. The smallest absolute Gasteiger partial charge is 0.319 e. The Morgan fingerprint density at radius 2 is 1.62 bits per heavy atom. The molecule has 3 N–H and O–H groups in total. The number of nitrogens with zero attached hydrogens (tertiary/aromatic N) is 1. The average molecular weight is 461 g/mol. The molecule has 0 saturated heterocycles. The third kappa shape index (κ3) is 5.58. The zero-order valence-electron chi connectivity index (χ0n) is 18.5. The van der Waals surface area contributed by atoms with Gasteiger partial charge in [-0.15, -0.1) is 0 Å². The van der Waals surface area contributed by atoms with Gasteiger partial charge in [0.15, 0.2) is 0 Å². The summed E-state index contributed by atoms with van der Waals surface area (Å²) < 4.78 is 13.7. The van der Waals surface area contributed by atoms with E-state index in [1.165, 1.54) is 6.07 Å². The Kier molecular flexibility index (Phi) is 7.17. The predicted octanol–water partition coefficient (Wildman–Crippen LogP) is 3.86. The lowest BCUT2D eigenvalue weighted by Crippen LogP contribution is -2.43. The van der Waals surface area contributed by atoms with E-state index < -0.39 is 6.03 Å². The van der Waals surface area contributed by atoms with Crippen molar-refractivity contribution in [3.8, 4) is 0 Å². The summed E-state index contributed by atoms with van der Waals surface area (Å²) in [5.41, 5.74) is 3.27. The Morgan fingerprint density at radius 1 is 0.882 bits per heavy atom. The zero-order chi connectivity index (χ0) is 23.9. The van der Waals surface area contributed by atoms with Crippen molar-refractivity contribution in [2.75, 3.05) is 23.3 Å². The number of hydrogen-bond acceptors (Lipinski definition) is 3. The topological polar surface area (TPSA) is 90.5 Å². The molecule has 34 heavy (non-hydrogen) atoms. The van der Waals surface area contributed by atoms with E-state index >= 15 is 0 Å². The normalized spacial score (nSPS) is 12.4. The Labute approximate surface area is 197 Å². The molecule has 1 aliphatic rings. The van der Waals surface area contributed by atoms with Gasteiger partial charge in [-0.3, -0.25) is 9.59 Å². The Bertz CT molecular complexity index is 1200. The lowest BCUT2D eigenvalue weighted by atomic mass is 10.0. The fourth-order valence-electron chi connectivity index (χ4n) is 3.84. The van der Waals surface area contributed by atoms with Gasteiger partial charge in [0.05, 0.1) is 6.54 Å². The van der Waals surface area contributed by atoms with Crippen LogP contribution in [0.25, 0.3) is 0 Å². The summed E-state index contributed by atoms with van der Waals surface area (Å²) >= 11 is 0. The molecule has 174 valence electrons. The Hall–Kier alpha value is -4.20. The minimum atomic E-state index is -0.518. The van der Waals surface area contributed by atoms with E-state index in [2.05, 4.69) is 16.0 Å². The van der Waals surface area contributed by atoms with Gasteiger partial charge in [0.2, 0.25) is 5.91 Å². The highest BCUT2D eigenvalue weighted by Crippen LogP contribution is 2.26. The third-order valence-electron chi connectivity index (χ3n) is 5.61. The Morgan fingerprint density at radius 3 is 2.41 bits per heavy atom. The van der Waals surface area contributed by atoms with Crippen molar-refractivity contribution in [3.63, 3.8) is 0 Å². The number of halogens is 1. The molecule has 0 fully saturated rings. The van der Waals surface area contributed by atoms with E-state index in [1.807, 2.05) is 24.3 Å². The summed E-state index contributed by atoms with van der Waals surface area (Å²) in [4.78, 5) is 38.9. The molecule has 0 radical (unpaired) electrons. The van der Waals surface area contributed by atoms with Crippen molar-refractivity contribution in [3.05, 3.63) is 95.3 Å². The second-order valence-electron chi connectivity index (χ2n) is 7.94. The van der Waals surface area contributed by atoms with E-state index in [-0.39, 0.29) is 30.7 Å². The highest BCUT2D eigenvalue weighted by molar-refractivity contribution is 5.99. The molecule has 0 spiro atoms. The minimum absolute atomic E-state index is 0.0729. The number of carbonyl (C=O) groups excluding carboxylic acids is 3. The summed E-state index contributed by atoms with van der Waals surface area (Å²) in [5, 5.41) is 7.90. The maximum atomic E-state index is 13.7. The van der Waals surface area contributed by atoms with Crippen LogP contribution in [-0.4, -0.2) is 30.9 Å². The fraction of sp³-hybridized carbons (Fsp3) is 0.192. The molecular formula is C26H25FN4O3. The maximum Gasteiger partial charge on any atom is 0.319 e. The number of carbonyl (C=O) groups is 3. The largest absolute Gasteiger partial charge is 0.348 e. The van der Waals surface area contributed by atoms with E-state index in [1.54, 1.807) is 47.4 Å². The summed E-state index contributed by atoms with van der Waals surface area (Å²) in [6, 6.07) is 19.8. The van der Waals surface area contributed by atoms with Gasteiger partial charge in [0.1, 0.15) is 5.82 Å². The van der Waals surface area contributed by atoms with Crippen LogP contribution in [0.5, 0.6) is 0 Å². The van der Waals surface area contributed by atoms with E-state index in [9.17, 15) is 18.8 Å². The van der Waals surface area contributed by atoms with Crippen LogP contribution in [0.15, 0.2) is 72.8 Å².